The van der Waals surface area contributed by atoms with Crippen LogP contribution in [-0.2, 0) is 0 Å². The highest BCUT2D eigenvalue weighted by atomic mass is 32.1. The fourth-order valence-corrected chi connectivity index (χ4v) is 1.59. The van der Waals surface area contributed by atoms with Gasteiger partial charge in [-0.15, -0.1) is 0 Å². The van der Waals surface area contributed by atoms with Crippen LogP contribution in [0.2, 0.25) is 0 Å². The second-order valence-corrected chi connectivity index (χ2v) is 3.97. The zero-order valence-corrected chi connectivity index (χ0v) is 9.88. The van der Waals surface area contributed by atoms with Crippen LogP contribution in [-0.4, -0.2) is 12.4 Å². The summed E-state index contributed by atoms with van der Waals surface area (Å²) >= 11 is 4.17. The number of rotatable bonds is 7. The predicted molar refractivity (Wildman–Crippen MR) is 68.7 cm³/mol. The van der Waals surface area contributed by atoms with Crippen LogP contribution in [0.25, 0.3) is 0 Å². The van der Waals surface area contributed by atoms with Crippen LogP contribution in [0.5, 0.6) is 5.75 Å². The van der Waals surface area contributed by atoms with E-state index in [0.717, 1.165) is 24.5 Å². The second kappa shape index (κ2) is 7.46. The lowest BCUT2D eigenvalue weighted by Crippen LogP contribution is -2.00. The number of hydrogen-bond donors (Lipinski definition) is 2. The Hall–Kier alpha value is -0.830. The minimum absolute atomic E-state index is 0.716. The van der Waals surface area contributed by atoms with E-state index in [1.807, 2.05) is 24.3 Å². The largest absolute Gasteiger partial charge is 0.491 e. The Balaban J connectivity index is 2.12. The Kier molecular flexibility index (Phi) is 6.09. The molecule has 3 heteroatoms. The number of thiol groups is 1. The quantitative estimate of drug-likeness (QED) is 0.425. The summed E-state index contributed by atoms with van der Waals surface area (Å²) in [6.07, 6.45) is 4.71. The van der Waals surface area contributed by atoms with E-state index in [9.17, 15) is 0 Å². The van der Waals surface area contributed by atoms with Gasteiger partial charge in [-0.2, -0.15) is 12.6 Å². The molecule has 2 nitrogen and oxygen atoms in total. The van der Waals surface area contributed by atoms with E-state index in [0.29, 0.717) is 5.69 Å². The van der Waals surface area contributed by atoms with Crippen molar-refractivity contribution in [2.24, 2.45) is 0 Å². The molecule has 1 rings (SSSR count). The lowest BCUT2D eigenvalue weighted by Gasteiger charge is -2.07. The standard InChI is InChI=1S/C12H19NOS/c13-11-7-3-4-8-12(11)14-9-5-1-2-6-10-15/h3-4,7-8,15H,1-2,5-6,9-10,13H2. The molecule has 0 atom stereocenters. The van der Waals surface area contributed by atoms with Crippen molar-refractivity contribution in [3.63, 3.8) is 0 Å². The summed E-state index contributed by atoms with van der Waals surface area (Å²) in [5.41, 5.74) is 6.46. The highest BCUT2D eigenvalue weighted by molar-refractivity contribution is 7.80. The van der Waals surface area contributed by atoms with Gasteiger partial charge in [0.25, 0.3) is 0 Å². The normalized spacial score (nSPS) is 10.2. The van der Waals surface area contributed by atoms with Crippen molar-refractivity contribution >= 4 is 18.3 Å². The van der Waals surface area contributed by atoms with Gasteiger partial charge in [0, 0.05) is 0 Å². The van der Waals surface area contributed by atoms with E-state index in [1.54, 1.807) is 0 Å². The summed E-state index contributed by atoms with van der Waals surface area (Å²) in [6.45, 7) is 0.751. The Morgan fingerprint density at radius 1 is 1.07 bits per heavy atom. The molecule has 84 valence electrons. The van der Waals surface area contributed by atoms with E-state index in [4.69, 9.17) is 10.5 Å². The maximum absolute atomic E-state index is 5.75. The SMILES string of the molecule is Nc1ccccc1OCCCCCCS. The van der Waals surface area contributed by atoms with Crippen molar-refractivity contribution in [2.45, 2.75) is 25.7 Å². The molecule has 0 fully saturated rings. The van der Waals surface area contributed by atoms with Gasteiger partial charge in [0.2, 0.25) is 0 Å². The number of anilines is 1. The fourth-order valence-electron chi connectivity index (χ4n) is 1.36. The molecule has 0 aromatic heterocycles. The van der Waals surface area contributed by atoms with Crippen LogP contribution >= 0.6 is 12.6 Å². The summed E-state index contributed by atoms with van der Waals surface area (Å²) in [5.74, 6) is 1.78. The third-order valence-corrected chi connectivity index (χ3v) is 2.55. The summed E-state index contributed by atoms with van der Waals surface area (Å²) < 4.78 is 5.57. The molecule has 0 aliphatic heterocycles. The molecular formula is C12H19NOS. The predicted octanol–water partition coefficient (Wildman–Crippen LogP) is 3.14. The monoisotopic (exact) mass is 225 g/mol. The van der Waals surface area contributed by atoms with Crippen molar-refractivity contribution in [3.05, 3.63) is 24.3 Å². The molecule has 0 heterocycles. The number of hydrogen-bond acceptors (Lipinski definition) is 3. The molecule has 0 bridgehead atoms. The first-order chi connectivity index (χ1) is 7.34. The number of ether oxygens (including phenoxy) is 1. The van der Waals surface area contributed by atoms with Crippen LogP contribution in [0.15, 0.2) is 24.3 Å². The zero-order chi connectivity index (χ0) is 10.9. The third kappa shape index (κ3) is 4.98. The average Bonchev–Trinajstić information content (AvgIpc) is 2.25. The lowest BCUT2D eigenvalue weighted by molar-refractivity contribution is 0.306. The van der Waals surface area contributed by atoms with E-state index in [-0.39, 0.29) is 0 Å². The van der Waals surface area contributed by atoms with Gasteiger partial charge in [-0.25, -0.2) is 0 Å². The topological polar surface area (TPSA) is 35.2 Å². The smallest absolute Gasteiger partial charge is 0.142 e. The molecule has 1 aromatic carbocycles. The van der Waals surface area contributed by atoms with Crippen LogP contribution in [0.1, 0.15) is 25.7 Å². The van der Waals surface area contributed by atoms with Gasteiger partial charge in [0.15, 0.2) is 0 Å². The summed E-state index contributed by atoms with van der Waals surface area (Å²) in [4.78, 5) is 0. The summed E-state index contributed by atoms with van der Waals surface area (Å²) in [5, 5.41) is 0. The fraction of sp³-hybridized carbons (Fsp3) is 0.500. The van der Waals surface area contributed by atoms with Gasteiger partial charge in [0.05, 0.1) is 12.3 Å². The maximum atomic E-state index is 5.75. The van der Waals surface area contributed by atoms with Crippen molar-refractivity contribution in [2.75, 3.05) is 18.1 Å². The Labute approximate surface area is 97.2 Å². The van der Waals surface area contributed by atoms with Crippen molar-refractivity contribution in [3.8, 4) is 5.75 Å². The molecule has 0 unspecified atom stereocenters. The first kappa shape index (κ1) is 12.2. The summed E-state index contributed by atoms with van der Waals surface area (Å²) in [6, 6.07) is 7.61. The van der Waals surface area contributed by atoms with E-state index < -0.39 is 0 Å². The highest BCUT2D eigenvalue weighted by Gasteiger charge is 1.97. The molecule has 0 saturated carbocycles. The zero-order valence-electron chi connectivity index (χ0n) is 8.98. The second-order valence-electron chi connectivity index (χ2n) is 3.52. The van der Waals surface area contributed by atoms with E-state index >= 15 is 0 Å². The van der Waals surface area contributed by atoms with E-state index in [2.05, 4.69) is 12.6 Å². The molecule has 0 amide bonds. The lowest BCUT2D eigenvalue weighted by atomic mass is 10.2. The number of nitrogens with two attached hydrogens (primary N) is 1. The van der Waals surface area contributed by atoms with Gasteiger partial charge in [-0.1, -0.05) is 25.0 Å². The molecule has 0 aliphatic rings. The highest BCUT2D eigenvalue weighted by Crippen LogP contribution is 2.19. The molecule has 0 radical (unpaired) electrons. The van der Waals surface area contributed by atoms with Gasteiger partial charge in [-0.05, 0) is 30.7 Å². The summed E-state index contributed by atoms with van der Waals surface area (Å²) in [7, 11) is 0. The van der Waals surface area contributed by atoms with Crippen LogP contribution in [0.3, 0.4) is 0 Å². The van der Waals surface area contributed by atoms with Gasteiger partial charge in [-0.3, -0.25) is 0 Å². The number of unbranched alkanes of at least 4 members (excludes halogenated alkanes) is 3. The van der Waals surface area contributed by atoms with E-state index in [1.165, 1.54) is 19.3 Å². The minimum Gasteiger partial charge on any atom is -0.491 e. The first-order valence-electron chi connectivity index (χ1n) is 5.43. The first-order valence-corrected chi connectivity index (χ1v) is 6.06. The Morgan fingerprint density at radius 2 is 1.80 bits per heavy atom. The Bertz CT molecular complexity index is 278. The van der Waals surface area contributed by atoms with Gasteiger partial charge < -0.3 is 10.5 Å². The maximum Gasteiger partial charge on any atom is 0.142 e. The van der Waals surface area contributed by atoms with Crippen molar-refractivity contribution in [1.82, 2.24) is 0 Å². The number of nitrogen functional groups attached to an aromatic ring is 1. The van der Waals surface area contributed by atoms with Crippen LogP contribution in [0.4, 0.5) is 5.69 Å². The van der Waals surface area contributed by atoms with Gasteiger partial charge >= 0.3 is 0 Å². The van der Waals surface area contributed by atoms with Crippen LogP contribution in [0, 0.1) is 0 Å². The third-order valence-electron chi connectivity index (χ3n) is 2.23. The molecule has 15 heavy (non-hydrogen) atoms. The van der Waals surface area contributed by atoms with Crippen LogP contribution < -0.4 is 10.5 Å². The molecule has 0 spiro atoms. The molecular weight excluding hydrogens is 206 g/mol. The Morgan fingerprint density at radius 3 is 2.53 bits per heavy atom. The molecule has 1 aromatic rings. The van der Waals surface area contributed by atoms with Crippen molar-refractivity contribution in [1.29, 1.82) is 0 Å². The minimum atomic E-state index is 0.716. The molecule has 0 saturated heterocycles. The average molecular weight is 225 g/mol. The number of benzene rings is 1. The van der Waals surface area contributed by atoms with Gasteiger partial charge in [0.1, 0.15) is 5.75 Å². The molecule has 2 N–H and O–H groups in total. The van der Waals surface area contributed by atoms with Crippen molar-refractivity contribution < 1.29 is 4.74 Å². The molecule has 0 aliphatic carbocycles. The number of para-hydroxylation sites is 2.